The molecular formula is C11H10F5NO2. The number of carbonyl (C=O) groups is 1. The van der Waals surface area contributed by atoms with Crippen molar-refractivity contribution in [2.24, 2.45) is 0 Å². The molecule has 0 aliphatic rings. The third-order valence-electron chi connectivity index (χ3n) is 2.02. The summed E-state index contributed by atoms with van der Waals surface area (Å²) < 4.78 is 66.1. The molecule has 8 heteroatoms. The minimum absolute atomic E-state index is 0.119. The number of halogens is 5. The molecule has 0 fully saturated rings. The van der Waals surface area contributed by atoms with Gasteiger partial charge in [-0.3, -0.25) is 4.79 Å². The van der Waals surface area contributed by atoms with E-state index in [9.17, 15) is 26.7 Å². The van der Waals surface area contributed by atoms with Crippen LogP contribution in [-0.2, 0) is 4.74 Å². The van der Waals surface area contributed by atoms with Crippen LogP contribution in [-0.4, -0.2) is 32.1 Å². The molecule has 1 rings (SSSR count). The molecule has 0 atom stereocenters. The average Bonchev–Trinajstić information content (AvgIpc) is 2.34. The molecule has 0 aliphatic carbocycles. The monoisotopic (exact) mass is 283 g/mol. The third-order valence-corrected chi connectivity index (χ3v) is 2.02. The predicted octanol–water partition coefficient (Wildman–Crippen LogP) is 2.12. The topological polar surface area (TPSA) is 38.3 Å². The lowest BCUT2D eigenvalue weighted by Crippen LogP contribution is -2.28. The van der Waals surface area contributed by atoms with Crippen LogP contribution in [0.4, 0.5) is 22.0 Å². The van der Waals surface area contributed by atoms with Crippen molar-refractivity contribution in [2.45, 2.75) is 6.43 Å². The summed E-state index contributed by atoms with van der Waals surface area (Å²) in [5.41, 5.74) is -0.412. The lowest BCUT2D eigenvalue weighted by Gasteiger charge is -2.07. The fourth-order valence-corrected chi connectivity index (χ4v) is 1.20. The summed E-state index contributed by atoms with van der Waals surface area (Å²) in [6.07, 6.45) is -2.61. The Balaban J connectivity index is 2.46. The summed E-state index contributed by atoms with van der Waals surface area (Å²) in [6, 6.07) is 1.07. The molecule has 0 aromatic heterocycles. The lowest BCUT2D eigenvalue weighted by atomic mass is 10.2. The molecule has 1 aromatic carbocycles. The maximum Gasteiger partial charge on any atom is 0.261 e. The van der Waals surface area contributed by atoms with Crippen LogP contribution in [0.2, 0.25) is 0 Å². The maximum absolute atomic E-state index is 12.8. The molecule has 3 nitrogen and oxygen atoms in total. The molecule has 0 spiro atoms. The Morgan fingerprint density at radius 2 is 1.79 bits per heavy atom. The fourth-order valence-electron chi connectivity index (χ4n) is 1.20. The van der Waals surface area contributed by atoms with Crippen molar-refractivity contribution in [2.75, 3.05) is 19.8 Å². The molecule has 0 heterocycles. The van der Waals surface area contributed by atoms with Crippen molar-refractivity contribution in [3.8, 4) is 0 Å². The zero-order valence-electron chi connectivity index (χ0n) is 9.56. The lowest BCUT2D eigenvalue weighted by molar-refractivity contribution is 0.0188. The Morgan fingerprint density at radius 3 is 2.32 bits per heavy atom. The quantitative estimate of drug-likeness (QED) is 0.493. The van der Waals surface area contributed by atoms with Crippen LogP contribution in [0.15, 0.2) is 12.1 Å². The van der Waals surface area contributed by atoms with Gasteiger partial charge < -0.3 is 10.1 Å². The zero-order valence-corrected chi connectivity index (χ0v) is 9.56. The van der Waals surface area contributed by atoms with Gasteiger partial charge in [-0.1, -0.05) is 0 Å². The van der Waals surface area contributed by atoms with Gasteiger partial charge in [0.2, 0.25) is 0 Å². The van der Waals surface area contributed by atoms with Gasteiger partial charge in [0.15, 0.2) is 17.5 Å². The Hall–Kier alpha value is -1.70. The van der Waals surface area contributed by atoms with E-state index in [1.54, 1.807) is 0 Å². The molecular weight excluding hydrogens is 273 g/mol. The van der Waals surface area contributed by atoms with Crippen LogP contribution in [0.25, 0.3) is 0 Å². The first-order chi connectivity index (χ1) is 8.91. The molecule has 1 amide bonds. The summed E-state index contributed by atoms with van der Waals surface area (Å²) >= 11 is 0. The smallest absolute Gasteiger partial charge is 0.261 e. The maximum atomic E-state index is 12.8. The molecule has 1 N–H and O–H groups in total. The number of hydrogen-bond acceptors (Lipinski definition) is 2. The Morgan fingerprint density at radius 1 is 1.21 bits per heavy atom. The molecule has 0 radical (unpaired) electrons. The number of amides is 1. The van der Waals surface area contributed by atoms with Crippen LogP contribution < -0.4 is 5.32 Å². The van der Waals surface area contributed by atoms with E-state index in [2.05, 4.69) is 10.1 Å². The van der Waals surface area contributed by atoms with Crippen molar-refractivity contribution >= 4 is 5.91 Å². The number of alkyl halides is 2. The summed E-state index contributed by atoms with van der Waals surface area (Å²) in [7, 11) is 0. The SMILES string of the molecule is O=C(NCCOCC(F)F)c1cc(F)c(F)c(F)c1. The van der Waals surface area contributed by atoms with Crippen LogP contribution in [0.5, 0.6) is 0 Å². The molecule has 1 aromatic rings. The normalized spacial score (nSPS) is 10.8. The van der Waals surface area contributed by atoms with Crippen LogP contribution in [0, 0.1) is 17.5 Å². The van der Waals surface area contributed by atoms with E-state index >= 15 is 0 Å². The number of ether oxygens (including phenoxy) is 1. The van der Waals surface area contributed by atoms with Crippen LogP contribution in [0.1, 0.15) is 10.4 Å². The van der Waals surface area contributed by atoms with Gasteiger partial charge in [-0.25, -0.2) is 22.0 Å². The molecule has 0 bridgehead atoms. The third kappa shape index (κ3) is 4.82. The Labute approximate surface area is 105 Å². The molecule has 0 saturated heterocycles. The van der Waals surface area contributed by atoms with E-state index in [-0.39, 0.29) is 13.2 Å². The summed E-state index contributed by atoms with van der Waals surface area (Å²) in [4.78, 5) is 11.4. The van der Waals surface area contributed by atoms with Crippen molar-refractivity contribution in [1.82, 2.24) is 5.32 Å². The summed E-state index contributed by atoms with van der Waals surface area (Å²) in [6.45, 7) is -1.07. The van der Waals surface area contributed by atoms with Crippen LogP contribution >= 0.6 is 0 Å². The first-order valence-corrected chi connectivity index (χ1v) is 5.20. The van der Waals surface area contributed by atoms with Crippen molar-refractivity contribution in [1.29, 1.82) is 0 Å². The average molecular weight is 283 g/mol. The first-order valence-electron chi connectivity index (χ1n) is 5.20. The molecule has 106 valence electrons. The van der Waals surface area contributed by atoms with Gasteiger partial charge in [0, 0.05) is 12.1 Å². The van der Waals surface area contributed by atoms with Gasteiger partial charge in [-0.15, -0.1) is 0 Å². The highest BCUT2D eigenvalue weighted by atomic mass is 19.3. The molecule has 0 saturated carbocycles. The Kier molecular flexibility index (Phi) is 5.68. The highest BCUT2D eigenvalue weighted by Gasteiger charge is 2.14. The largest absolute Gasteiger partial charge is 0.374 e. The Bertz CT molecular complexity index is 430. The predicted molar refractivity (Wildman–Crippen MR) is 55.5 cm³/mol. The van der Waals surface area contributed by atoms with E-state index in [0.29, 0.717) is 12.1 Å². The zero-order chi connectivity index (χ0) is 14.4. The van der Waals surface area contributed by atoms with E-state index in [4.69, 9.17) is 0 Å². The van der Waals surface area contributed by atoms with Crippen molar-refractivity contribution < 1.29 is 31.5 Å². The van der Waals surface area contributed by atoms with Crippen molar-refractivity contribution in [3.05, 3.63) is 35.1 Å². The second kappa shape index (κ2) is 7.03. The molecule has 0 aliphatic heterocycles. The van der Waals surface area contributed by atoms with E-state index < -0.39 is 42.0 Å². The number of benzene rings is 1. The number of nitrogens with one attached hydrogen (secondary N) is 1. The van der Waals surface area contributed by atoms with E-state index in [1.807, 2.05) is 0 Å². The van der Waals surface area contributed by atoms with Gasteiger partial charge in [-0.05, 0) is 12.1 Å². The van der Waals surface area contributed by atoms with E-state index in [1.165, 1.54) is 0 Å². The minimum atomic E-state index is -2.61. The molecule has 19 heavy (non-hydrogen) atoms. The van der Waals surface area contributed by atoms with Gasteiger partial charge in [0.1, 0.15) is 6.61 Å². The standard InChI is InChI=1S/C11H10F5NO2/c12-7-3-6(4-8(13)10(7)16)11(18)17-1-2-19-5-9(14)15/h3-4,9H,1-2,5H2,(H,17,18). The van der Waals surface area contributed by atoms with Gasteiger partial charge in [-0.2, -0.15) is 0 Å². The summed E-state index contributed by atoms with van der Waals surface area (Å²) in [5, 5.41) is 2.18. The van der Waals surface area contributed by atoms with Gasteiger partial charge in [0.05, 0.1) is 6.61 Å². The van der Waals surface area contributed by atoms with E-state index in [0.717, 1.165) is 0 Å². The van der Waals surface area contributed by atoms with Gasteiger partial charge in [0.25, 0.3) is 12.3 Å². The number of rotatable bonds is 6. The highest BCUT2D eigenvalue weighted by Crippen LogP contribution is 2.13. The van der Waals surface area contributed by atoms with Crippen molar-refractivity contribution in [3.63, 3.8) is 0 Å². The minimum Gasteiger partial charge on any atom is -0.374 e. The first kappa shape index (κ1) is 15.4. The molecule has 0 unspecified atom stereocenters. The highest BCUT2D eigenvalue weighted by molar-refractivity contribution is 5.94. The van der Waals surface area contributed by atoms with Gasteiger partial charge >= 0.3 is 0 Å². The second-order valence-electron chi connectivity index (χ2n) is 3.48. The van der Waals surface area contributed by atoms with Crippen LogP contribution in [0.3, 0.4) is 0 Å². The summed E-state index contributed by atoms with van der Waals surface area (Å²) in [5.74, 6) is -5.51. The fraction of sp³-hybridized carbons (Fsp3) is 0.364. The number of carbonyl (C=O) groups excluding carboxylic acids is 1. The second-order valence-corrected chi connectivity index (χ2v) is 3.48. The number of hydrogen-bond donors (Lipinski definition) is 1.